The number of benzene rings is 9. The van der Waals surface area contributed by atoms with Gasteiger partial charge >= 0.3 is 0 Å². The van der Waals surface area contributed by atoms with E-state index in [1.165, 1.54) is 86.8 Å². The number of aliphatic hydroxyl groups excluding tert-OH is 1. The molecule has 0 saturated carbocycles. The number of ketones is 1. The number of nitrogens with zero attached hydrogens (tertiary/aromatic N) is 8. The largest absolute Gasteiger partial charge is 0.512 e. The van der Waals surface area contributed by atoms with Crippen molar-refractivity contribution in [3.05, 3.63) is 378 Å². The molecule has 16 aromatic rings. The number of hydrogen-bond donors (Lipinski definition) is 1. The fourth-order valence-corrected chi connectivity index (χ4v) is 15.9. The standard InChI is InChI=1S/C27H27N2O.C26H21N2O.C21H23N2.C21H22N.C11H8N.C5H8O2.3Ir/c1-17(2)21-16-22-20-12-8-9-13-23(20)30-26(22)24(18(3)4)25(21)29-15-14-28-27(29)19-10-6-5-7-11-19;1-16(2)18-8-10-19(11-9-18)20-13-14-27-24(15-20)23-6-4-5-21-22-12-7-17(3)28-26(22)29-25(21)23;1-15(2)18-11-8-12-19(16(3)4)20(18)23-14-13-22-21(23)17-9-6-5-7-10-17;1-14(2)10-17-6-5-7-21-19(17)8-9-20(22-21)18-12-15(3)11-16(4)13-18;1-2-6-10(7-3-1)11-8-4-5-9-12-11;1-4(6)3-5(2)7;;;/h5-10,12-18,22,26H,1-4H3;4-5,7-16H,1-3H3;5-9,11-16H,1-4H3;5-9,11-12,14H,10H2,1-4H3;1-6,8-9H;3,6H,1-2H3;;;/q5*-1;;;;. The molecule has 15 heteroatoms. The Morgan fingerprint density at radius 3 is 1.71 bits per heavy atom. The Labute approximate surface area is 785 Å². The van der Waals surface area contributed by atoms with Crippen molar-refractivity contribution < 1.29 is 79.4 Å². The number of fused-ring (bicyclic) bond motifs is 7. The smallest absolute Gasteiger partial charge is 0.216 e. The second-order valence-corrected chi connectivity index (χ2v) is 33.4. The molecule has 2 atom stereocenters. The number of hydrogen-bond acceptors (Lipinski definition) is 10. The number of para-hydroxylation sites is 2. The maximum atomic E-state index is 10.0. The van der Waals surface area contributed by atoms with Gasteiger partial charge in [0.05, 0.1) is 28.5 Å². The van der Waals surface area contributed by atoms with Gasteiger partial charge in [-0.05, 0) is 161 Å². The fourth-order valence-electron chi connectivity index (χ4n) is 15.9. The molecule has 1 aliphatic carbocycles. The van der Waals surface area contributed by atoms with Crippen LogP contribution in [0.15, 0.2) is 307 Å². The van der Waals surface area contributed by atoms with Crippen LogP contribution >= 0.6 is 0 Å². The van der Waals surface area contributed by atoms with Crippen LogP contribution in [0.25, 0.3) is 112 Å². The number of aliphatic hydroxyl groups is 1. The Bertz CT molecular complexity index is 6300. The maximum Gasteiger partial charge on any atom is 0.216 e. The molecule has 0 bridgehead atoms. The van der Waals surface area contributed by atoms with Crippen LogP contribution in [0, 0.1) is 68.9 Å². The first kappa shape index (κ1) is 96.7. The first-order valence-corrected chi connectivity index (χ1v) is 42.7. The molecule has 18 rings (SSSR count). The van der Waals surface area contributed by atoms with E-state index in [-0.39, 0.29) is 83.9 Å². The van der Waals surface area contributed by atoms with Gasteiger partial charge < -0.3 is 33.4 Å². The predicted octanol–water partition coefficient (Wildman–Crippen LogP) is 28.0. The number of imidazole rings is 2. The van der Waals surface area contributed by atoms with Crippen molar-refractivity contribution in [1.29, 1.82) is 0 Å². The van der Waals surface area contributed by atoms with E-state index in [4.69, 9.17) is 24.2 Å². The summed E-state index contributed by atoms with van der Waals surface area (Å²) in [5.41, 5.74) is 27.9. The number of aryl methyl sites for hydroxylation is 3. The van der Waals surface area contributed by atoms with Gasteiger partial charge in [-0.2, -0.15) is 0 Å². The van der Waals surface area contributed by atoms with Crippen LogP contribution in [0.2, 0.25) is 0 Å². The molecule has 126 heavy (non-hydrogen) atoms. The maximum absolute atomic E-state index is 10.0. The van der Waals surface area contributed by atoms with Gasteiger partial charge in [-0.25, -0.2) is 4.98 Å². The number of allylic oxidation sites excluding steroid dienone is 4. The molecule has 2 unspecified atom stereocenters. The summed E-state index contributed by atoms with van der Waals surface area (Å²) in [6, 6.07) is 97.3. The monoisotopic (exact) mass is 2200 g/mol. The summed E-state index contributed by atoms with van der Waals surface area (Å²) >= 11 is 0. The third-order valence-electron chi connectivity index (χ3n) is 21.6. The third-order valence-corrected chi connectivity index (χ3v) is 21.6. The normalized spacial score (nSPS) is 13.1. The molecule has 2 aliphatic rings. The van der Waals surface area contributed by atoms with E-state index in [2.05, 4.69) is 308 Å². The van der Waals surface area contributed by atoms with Gasteiger partial charge in [-0.3, -0.25) is 19.7 Å². The molecule has 12 nitrogen and oxygen atoms in total. The molecule has 1 N–H and O–H groups in total. The van der Waals surface area contributed by atoms with Crippen molar-refractivity contribution in [2.45, 2.75) is 154 Å². The van der Waals surface area contributed by atoms with Crippen molar-refractivity contribution in [2.75, 3.05) is 0 Å². The Hall–Kier alpha value is -11.5. The average molecular weight is 2200 g/mol. The number of furan rings is 1. The minimum Gasteiger partial charge on any atom is -0.512 e. The number of pyridine rings is 4. The minimum atomic E-state index is -0.125. The molecule has 9 aromatic carbocycles. The molecule has 3 radical (unpaired) electrons. The molecule has 8 heterocycles. The third kappa shape index (κ3) is 23.6. The Morgan fingerprint density at radius 2 is 1.12 bits per heavy atom. The van der Waals surface area contributed by atoms with Gasteiger partial charge in [0.25, 0.3) is 0 Å². The molecular weight excluding hydrogens is 2090 g/mol. The van der Waals surface area contributed by atoms with Crippen molar-refractivity contribution in [3.8, 4) is 79.1 Å². The summed E-state index contributed by atoms with van der Waals surface area (Å²) < 4.78 is 17.1. The average Bonchev–Trinajstić information content (AvgIpc) is 1.53. The van der Waals surface area contributed by atoms with E-state index >= 15 is 0 Å². The summed E-state index contributed by atoms with van der Waals surface area (Å²) in [4.78, 5) is 37.5. The molecular formula is C111H109Ir3N8O4-5. The zero-order valence-electron chi connectivity index (χ0n) is 74.7. The topological polar surface area (TPSA) is 147 Å². The van der Waals surface area contributed by atoms with Crippen LogP contribution < -0.4 is 4.74 Å². The summed E-state index contributed by atoms with van der Waals surface area (Å²) in [5.74, 6) is 5.89. The Balaban J connectivity index is 0.000000164. The summed E-state index contributed by atoms with van der Waals surface area (Å²) in [6.45, 7) is 36.0. The summed E-state index contributed by atoms with van der Waals surface area (Å²) in [7, 11) is 0. The predicted molar refractivity (Wildman–Crippen MR) is 505 cm³/mol. The number of carbonyl (C=O) groups is 1. The van der Waals surface area contributed by atoms with Crippen LogP contribution in [0.4, 0.5) is 0 Å². The van der Waals surface area contributed by atoms with E-state index in [0.717, 1.165) is 107 Å². The van der Waals surface area contributed by atoms with Crippen molar-refractivity contribution in [2.24, 2.45) is 17.8 Å². The van der Waals surface area contributed by atoms with Crippen LogP contribution in [-0.4, -0.2) is 56.0 Å². The zero-order chi connectivity index (χ0) is 87.0. The molecule has 7 aromatic heterocycles. The Morgan fingerprint density at radius 1 is 0.500 bits per heavy atom. The van der Waals surface area contributed by atoms with E-state index in [1.807, 2.05) is 129 Å². The number of rotatable bonds is 16. The van der Waals surface area contributed by atoms with E-state index in [1.54, 1.807) is 6.20 Å². The fraction of sp³-hybridized carbons (Fsp3) is 0.234. The molecule has 0 saturated heterocycles. The summed E-state index contributed by atoms with van der Waals surface area (Å²) in [5, 5.41) is 11.7. The Kier molecular flexibility index (Phi) is 34.6. The van der Waals surface area contributed by atoms with Gasteiger partial charge in [0.1, 0.15) is 11.9 Å². The zero-order valence-corrected chi connectivity index (χ0v) is 81.9. The molecule has 0 spiro atoms. The first-order valence-electron chi connectivity index (χ1n) is 42.7. The van der Waals surface area contributed by atoms with E-state index in [9.17, 15) is 4.79 Å². The number of aromatic nitrogens is 8. The van der Waals surface area contributed by atoms with Crippen molar-refractivity contribution in [1.82, 2.24) is 39.0 Å². The van der Waals surface area contributed by atoms with Crippen LogP contribution in [0.3, 0.4) is 0 Å². The minimum absolute atomic E-state index is 0. The molecule has 649 valence electrons. The second-order valence-electron chi connectivity index (χ2n) is 33.4. The number of carbonyl (C=O) groups excluding carboxylic acids is 1. The van der Waals surface area contributed by atoms with E-state index < -0.39 is 0 Å². The molecule has 0 amide bonds. The second kappa shape index (κ2) is 45.1. The van der Waals surface area contributed by atoms with Crippen LogP contribution in [-0.2, 0) is 71.5 Å². The van der Waals surface area contributed by atoms with Gasteiger partial charge in [-0.1, -0.05) is 217 Å². The van der Waals surface area contributed by atoms with Gasteiger partial charge in [0.15, 0.2) is 5.78 Å². The first-order chi connectivity index (χ1) is 59.4. The van der Waals surface area contributed by atoms with Gasteiger partial charge in [0.2, 0.25) is 5.71 Å². The molecule has 0 fully saturated rings. The summed E-state index contributed by atoms with van der Waals surface area (Å²) in [6.07, 6.45) is 16.2. The SMILES string of the molecule is CC(=O)C=C(C)O.CC(C)C1=CC2c3ccccc3OC2C(C(C)C)=C1n1ccnc1-c1[c-]cccc1.CC(C)c1cccc(C(C)C)c1-n1ccnc1-c1[c-]cccc1.Cc1[c-]c(-c2ccc3c(CC(C)C)cccc3n2)cc(C)c1.Cc1ccc2c(n1)oc1c(-c3cc(-c4ccc(C(C)C)cc4)ccn3)[c-]ccc12.[Ir].[Ir].[Ir].[c-]1ccccc1-c1ccccn1. The van der Waals surface area contributed by atoms with Crippen molar-refractivity contribution >= 4 is 44.5 Å². The van der Waals surface area contributed by atoms with Crippen molar-refractivity contribution in [3.63, 3.8) is 0 Å². The van der Waals surface area contributed by atoms with Crippen LogP contribution in [0.5, 0.6) is 5.75 Å². The van der Waals surface area contributed by atoms with Gasteiger partial charge in [-0.15, -0.1) is 161 Å². The van der Waals surface area contributed by atoms with Crippen LogP contribution in [0.1, 0.15) is 165 Å². The number of ether oxygens (including phenoxy) is 1. The van der Waals surface area contributed by atoms with E-state index in [0.29, 0.717) is 41.2 Å². The van der Waals surface area contributed by atoms with Gasteiger partial charge in [0, 0.05) is 143 Å². The molecule has 1 aliphatic heterocycles. The quantitative estimate of drug-likeness (QED) is 0.0563.